The SMILES string of the molecule is COc1cc(OCC(=O)Nc2ccccc2C(=O)NCc2ccccc2)ccc1[N+](=O)[O-]. The Morgan fingerprint density at radius 2 is 1.72 bits per heavy atom. The number of methoxy groups -OCH3 is 1. The molecular formula is C23H21N3O6. The van der Waals surface area contributed by atoms with Crippen LogP contribution in [0.5, 0.6) is 11.5 Å². The zero-order valence-electron chi connectivity index (χ0n) is 17.2. The molecule has 0 unspecified atom stereocenters. The van der Waals surface area contributed by atoms with Crippen molar-refractivity contribution in [1.82, 2.24) is 5.32 Å². The third-order valence-corrected chi connectivity index (χ3v) is 4.46. The van der Waals surface area contributed by atoms with E-state index in [9.17, 15) is 19.7 Å². The van der Waals surface area contributed by atoms with Gasteiger partial charge in [0.2, 0.25) is 5.75 Å². The van der Waals surface area contributed by atoms with Gasteiger partial charge in [0.05, 0.1) is 23.3 Å². The van der Waals surface area contributed by atoms with Gasteiger partial charge in [0, 0.05) is 18.7 Å². The maximum Gasteiger partial charge on any atom is 0.311 e. The van der Waals surface area contributed by atoms with E-state index in [1.54, 1.807) is 24.3 Å². The Morgan fingerprint density at radius 3 is 2.44 bits per heavy atom. The Balaban J connectivity index is 1.61. The first-order valence-corrected chi connectivity index (χ1v) is 9.64. The Morgan fingerprint density at radius 1 is 1.00 bits per heavy atom. The number of rotatable bonds is 9. The molecular weight excluding hydrogens is 414 g/mol. The first-order valence-electron chi connectivity index (χ1n) is 9.64. The lowest BCUT2D eigenvalue weighted by atomic mass is 10.1. The molecule has 0 aliphatic heterocycles. The molecule has 2 N–H and O–H groups in total. The molecule has 2 amide bonds. The monoisotopic (exact) mass is 435 g/mol. The number of amides is 2. The molecule has 0 saturated heterocycles. The van der Waals surface area contributed by atoms with Crippen molar-refractivity contribution in [2.75, 3.05) is 19.0 Å². The van der Waals surface area contributed by atoms with E-state index >= 15 is 0 Å². The summed E-state index contributed by atoms with van der Waals surface area (Å²) >= 11 is 0. The summed E-state index contributed by atoms with van der Waals surface area (Å²) in [6, 6.07) is 20.0. The second kappa shape index (κ2) is 10.6. The largest absolute Gasteiger partial charge is 0.490 e. The quantitative estimate of drug-likeness (QED) is 0.392. The second-order valence-corrected chi connectivity index (χ2v) is 6.64. The molecule has 3 aromatic rings. The molecule has 0 aliphatic carbocycles. The van der Waals surface area contributed by atoms with Crippen molar-refractivity contribution in [2.45, 2.75) is 6.54 Å². The molecule has 3 aromatic carbocycles. The number of nitro groups is 1. The average Bonchev–Trinajstić information content (AvgIpc) is 2.82. The third-order valence-electron chi connectivity index (χ3n) is 4.46. The standard InChI is InChI=1S/C23H21N3O6/c1-31-21-13-17(11-12-20(21)26(29)30)32-15-22(27)25-19-10-6-5-9-18(19)23(28)24-14-16-7-3-2-4-8-16/h2-13H,14-15H2,1H3,(H,24,28)(H,25,27). The summed E-state index contributed by atoms with van der Waals surface area (Å²) in [4.78, 5) is 35.3. The number of hydrogen-bond donors (Lipinski definition) is 2. The van der Waals surface area contributed by atoms with Crippen LogP contribution in [0.4, 0.5) is 11.4 Å². The predicted octanol–water partition coefficient (Wildman–Crippen LogP) is 3.55. The van der Waals surface area contributed by atoms with Crippen LogP contribution >= 0.6 is 0 Å². The lowest BCUT2D eigenvalue weighted by molar-refractivity contribution is -0.385. The Bertz CT molecular complexity index is 1120. The molecule has 0 saturated carbocycles. The fourth-order valence-corrected chi connectivity index (χ4v) is 2.90. The van der Waals surface area contributed by atoms with Crippen LogP contribution in [-0.2, 0) is 11.3 Å². The van der Waals surface area contributed by atoms with Gasteiger partial charge in [0.25, 0.3) is 11.8 Å². The summed E-state index contributed by atoms with van der Waals surface area (Å²) in [6.45, 7) is -0.00598. The Kier molecular flexibility index (Phi) is 7.37. The van der Waals surface area contributed by atoms with Crippen LogP contribution in [0.1, 0.15) is 15.9 Å². The highest BCUT2D eigenvalue weighted by molar-refractivity contribution is 6.04. The minimum Gasteiger partial charge on any atom is -0.490 e. The van der Waals surface area contributed by atoms with Gasteiger partial charge in [0.1, 0.15) is 5.75 Å². The Hall–Kier alpha value is -4.40. The molecule has 9 nitrogen and oxygen atoms in total. The molecule has 0 atom stereocenters. The number of carbonyl (C=O) groups excluding carboxylic acids is 2. The fourth-order valence-electron chi connectivity index (χ4n) is 2.90. The second-order valence-electron chi connectivity index (χ2n) is 6.64. The minimum atomic E-state index is -0.574. The van der Waals surface area contributed by atoms with Crippen LogP contribution in [0, 0.1) is 10.1 Å². The molecule has 0 radical (unpaired) electrons. The van der Waals surface area contributed by atoms with Crippen molar-refractivity contribution in [3.05, 3.63) is 94.0 Å². The summed E-state index contributed by atoms with van der Waals surface area (Å²) in [5.74, 6) is -0.568. The molecule has 0 bridgehead atoms. The van der Waals surface area contributed by atoms with E-state index in [4.69, 9.17) is 9.47 Å². The minimum absolute atomic E-state index is 0.0216. The molecule has 32 heavy (non-hydrogen) atoms. The number of nitro benzene ring substituents is 1. The molecule has 0 aromatic heterocycles. The average molecular weight is 435 g/mol. The van der Waals surface area contributed by atoms with Crippen LogP contribution in [0.15, 0.2) is 72.8 Å². The van der Waals surface area contributed by atoms with E-state index in [0.717, 1.165) is 5.56 Å². The number of benzene rings is 3. The summed E-state index contributed by atoms with van der Waals surface area (Å²) < 4.78 is 10.4. The Labute approximate surface area is 184 Å². The molecule has 0 spiro atoms. The number of hydrogen-bond acceptors (Lipinski definition) is 6. The molecule has 9 heteroatoms. The molecule has 3 rings (SSSR count). The van der Waals surface area contributed by atoms with E-state index < -0.39 is 10.8 Å². The van der Waals surface area contributed by atoms with Crippen LogP contribution in [0.25, 0.3) is 0 Å². The van der Waals surface area contributed by atoms with E-state index in [2.05, 4.69) is 10.6 Å². The van der Waals surface area contributed by atoms with Crippen molar-refractivity contribution in [1.29, 1.82) is 0 Å². The first kappa shape index (κ1) is 22.3. The molecule has 164 valence electrons. The zero-order chi connectivity index (χ0) is 22.9. The van der Waals surface area contributed by atoms with Crippen molar-refractivity contribution < 1.29 is 24.0 Å². The number of para-hydroxylation sites is 1. The molecule has 0 aliphatic rings. The van der Waals surface area contributed by atoms with Gasteiger partial charge in [-0.25, -0.2) is 0 Å². The molecule has 0 fully saturated rings. The van der Waals surface area contributed by atoms with Crippen molar-refractivity contribution in [3.8, 4) is 11.5 Å². The van der Waals surface area contributed by atoms with Gasteiger partial charge in [-0.3, -0.25) is 19.7 Å². The lowest BCUT2D eigenvalue weighted by Crippen LogP contribution is -2.26. The van der Waals surface area contributed by atoms with Gasteiger partial charge in [-0.2, -0.15) is 0 Å². The summed E-state index contributed by atoms with van der Waals surface area (Å²) in [5, 5.41) is 16.4. The predicted molar refractivity (Wildman–Crippen MR) is 118 cm³/mol. The van der Waals surface area contributed by atoms with Crippen molar-refractivity contribution >= 4 is 23.2 Å². The van der Waals surface area contributed by atoms with Crippen LogP contribution in [0.2, 0.25) is 0 Å². The van der Waals surface area contributed by atoms with Gasteiger partial charge in [-0.15, -0.1) is 0 Å². The third kappa shape index (κ3) is 5.82. The van der Waals surface area contributed by atoms with Crippen LogP contribution < -0.4 is 20.1 Å². The summed E-state index contributed by atoms with van der Waals surface area (Å²) in [5.41, 5.74) is 1.40. The first-order chi connectivity index (χ1) is 15.5. The smallest absolute Gasteiger partial charge is 0.311 e. The lowest BCUT2D eigenvalue weighted by Gasteiger charge is -2.12. The highest BCUT2D eigenvalue weighted by Gasteiger charge is 2.17. The highest BCUT2D eigenvalue weighted by Crippen LogP contribution is 2.30. The maximum atomic E-state index is 12.6. The van der Waals surface area contributed by atoms with Gasteiger partial charge >= 0.3 is 5.69 Å². The number of nitrogens with one attached hydrogen (secondary N) is 2. The number of carbonyl (C=O) groups is 2. The van der Waals surface area contributed by atoms with Gasteiger partial charge < -0.3 is 20.1 Å². The zero-order valence-corrected chi connectivity index (χ0v) is 17.2. The van der Waals surface area contributed by atoms with Gasteiger partial charge in [-0.05, 0) is 23.8 Å². The number of ether oxygens (including phenoxy) is 2. The van der Waals surface area contributed by atoms with Gasteiger partial charge in [0.15, 0.2) is 6.61 Å². The van der Waals surface area contributed by atoms with Crippen molar-refractivity contribution in [2.24, 2.45) is 0 Å². The van der Waals surface area contributed by atoms with E-state index in [1.165, 1.54) is 25.3 Å². The number of anilines is 1. The summed E-state index contributed by atoms with van der Waals surface area (Å²) in [7, 11) is 1.30. The van der Waals surface area contributed by atoms with E-state index in [1.807, 2.05) is 30.3 Å². The highest BCUT2D eigenvalue weighted by atomic mass is 16.6. The van der Waals surface area contributed by atoms with E-state index in [-0.39, 0.29) is 29.7 Å². The van der Waals surface area contributed by atoms with Crippen LogP contribution in [-0.4, -0.2) is 30.5 Å². The fraction of sp³-hybridized carbons (Fsp3) is 0.130. The van der Waals surface area contributed by atoms with Crippen LogP contribution in [0.3, 0.4) is 0 Å². The maximum absolute atomic E-state index is 12.6. The normalized spacial score (nSPS) is 10.2. The number of nitrogens with zero attached hydrogens (tertiary/aromatic N) is 1. The topological polar surface area (TPSA) is 120 Å². The van der Waals surface area contributed by atoms with E-state index in [0.29, 0.717) is 17.8 Å². The van der Waals surface area contributed by atoms with Crippen molar-refractivity contribution in [3.63, 3.8) is 0 Å². The summed E-state index contributed by atoms with van der Waals surface area (Å²) in [6.07, 6.45) is 0. The van der Waals surface area contributed by atoms with Gasteiger partial charge in [-0.1, -0.05) is 42.5 Å². The molecule has 0 heterocycles.